The van der Waals surface area contributed by atoms with Crippen LogP contribution in [0, 0.1) is 34.6 Å². The first-order chi connectivity index (χ1) is 20.3. The van der Waals surface area contributed by atoms with Crippen LogP contribution in [-0.4, -0.2) is 16.8 Å². The molecular weight excluding hydrogens is 595 g/mol. The summed E-state index contributed by atoms with van der Waals surface area (Å²) in [6.07, 6.45) is 0. The molecule has 0 bridgehead atoms. The zero-order valence-corrected chi connectivity index (χ0v) is 27.1. The van der Waals surface area contributed by atoms with E-state index in [-0.39, 0.29) is 9.79 Å². The fraction of sp³-hybridized carbons (Fsp3) is 0.143. The number of benzene rings is 5. The molecule has 0 N–H and O–H groups in total. The Morgan fingerprint density at radius 1 is 0.442 bits per heavy atom. The summed E-state index contributed by atoms with van der Waals surface area (Å²) in [4.78, 5) is 3.10. The molecule has 0 aliphatic carbocycles. The zero-order valence-electron chi connectivity index (χ0n) is 24.7. The number of aryl methyl sites for hydroxylation is 5. The fourth-order valence-electron chi connectivity index (χ4n) is 4.75. The van der Waals surface area contributed by atoms with Gasteiger partial charge in [-0.25, -0.2) is 16.8 Å². The smallest absolute Gasteiger partial charge is 0.167 e. The van der Waals surface area contributed by atoms with Crippen molar-refractivity contribution in [1.82, 2.24) is 0 Å². The normalized spacial score (nSPS) is 12.0. The fourth-order valence-corrected chi connectivity index (χ4v) is 9.53. The Balaban J connectivity index is 1.58. The summed E-state index contributed by atoms with van der Waals surface area (Å²) in [5.74, 6) is 0. The molecule has 0 heterocycles. The van der Waals surface area contributed by atoms with Crippen molar-refractivity contribution in [2.24, 2.45) is 0 Å². The molecular formula is C35H33NO4S3. The van der Waals surface area contributed by atoms with Gasteiger partial charge in [-0.1, -0.05) is 65.2 Å². The average molecular weight is 628 g/mol. The molecule has 0 amide bonds. The highest BCUT2D eigenvalue weighted by Crippen LogP contribution is 2.37. The SMILES string of the molecule is Cc1ccc([S+](c2ccc(C)cc2)c2ccc(C)c(-c3cc(S(=O)(=O)[N-]S(=O)(=O)c4ccc(C)cc4)ccc3C)c2)cc1. The number of hydrogen-bond acceptors (Lipinski definition) is 4. The van der Waals surface area contributed by atoms with E-state index in [1.807, 2.05) is 20.8 Å². The molecule has 5 nitrogen and oxygen atoms in total. The van der Waals surface area contributed by atoms with Gasteiger partial charge in [-0.05, 0) is 111 Å². The van der Waals surface area contributed by atoms with Crippen LogP contribution in [0.3, 0.4) is 0 Å². The lowest BCUT2D eigenvalue weighted by atomic mass is 9.97. The predicted molar refractivity (Wildman–Crippen MR) is 175 cm³/mol. The van der Waals surface area contributed by atoms with Crippen LogP contribution in [-0.2, 0) is 30.9 Å². The van der Waals surface area contributed by atoms with Gasteiger partial charge in [-0.3, -0.25) is 0 Å². The van der Waals surface area contributed by atoms with Gasteiger partial charge in [0.1, 0.15) is 20.0 Å². The van der Waals surface area contributed by atoms with Crippen LogP contribution in [0.4, 0.5) is 0 Å². The lowest BCUT2D eigenvalue weighted by molar-refractivity contribution is 0.595. The van der Waals surface area contributed by atoms with Gasteiger partial charge < -0.3 is 4.13 Å². The second-order valence-electron chi connectivity index (χ2n) is 10.7. The highest BCUT2D eigenvalue weighted by atomic mass is 32.3. The summed E-state index contributed by atoms with van der Waals surface area (Å²) >= 11 is 0. The standard InChI is InChI=1S/C35H33NO4S3/c1-24-6-14-29(15-7-24)41(30-16-8-25(2)9-17-30)31-18-12-27(4)34(22-31)35-23-33(21-13-28(35)5)43(39,40)36-42(37,38)32-19-10-26(3)11-20-32/h6-23H,1-5H3. The van der Waals surface area contributed by atoms with Gasteiger partial charge in [0.25, 0.3) is 0 Å². The number of nitrogens with zero attached hydrogens (tertiary/aromatic N) is 1. The van der Waals surface area contributed by atoms with Crippen molar-refractivity contribution in [3.8, 4) is 11.1 Å². The molecule has 0 radical (unpaired) electrons. The topological polar surface area (TPSA) is 82.4 Å². The minimum absolute atomic E-state index is 0.170. The summed E-state index contributed by atoms with van der Waals surface area (Å²) in [5, 5.41) is 0. The van der Waals surface area contributed by atoms with E-state index in [4.69, 9.17) is 0 Å². The molecule has 5 aromatic rings. The largest absolute Gasteiger partial charge is 0.428 e. The highest BCUT2D eigenvalue weighted by molar-refractivity contribution is 8.12. The molecule has 0 aromatic heterocycles. The maximum Gasteiger partial charge on any atom is 0.167 e. The Morgan fingerprint density at radius 3 is 1.33 bits per heavy atom. The number of rotatable bonds is 8. The Bertz CT molecular complexity index is 1950. The Labute approximate surface area is 258 Å². The molecule has 220 valence electrons. The van der Waals surface area contributed by atoms with E-state index in [1.54, 1.807) is 18.2 Å². The molecule has 5 aromatic carbocycles. The zero-order chi connectivity index (χ0) is 30.9. The van der Waals surface area contributed by atoms with Gasteiger partial charge in [-0.2, -0.15) is 0 Å². The third-order valence-electron chi connectivity index (χ3n) is 7.27. The van der Waals surface area contributed by atoms with E-state index >= 15 is 0 Å². The molecule has 0 unspecified atom stereocenters. The van der Waals surface area contributed by atoms with Crippen molar-refractivity contribution in [2.45, 2.75) is 59.1 Å². The van der Waals surface area contributed by atoms with Crippen molar-refractivity contribution in [1.29, 1.82) is 0 Å². The van der Waals surface area contributed by atoms with Gasteiger partial charge in [0.2, 0.25) is 0 Å². The maximum absolute atomic E-state index is 13.3. The summed E-state index contributed by atoms with van der Waals surface area (Å²) in [6, 6.07) is 34.0. The minimum atomic E-state index is -4.52. The monoisotopic (exact) mass is 627 g/mol. The van der Waals surface area contributed by atoms with Crippen molar-refractivity contribution >= 4 is 30.9 Å². The molecule has 0 fully saturated rings. The minimum Gasteiger partial charge on any atom is -0.428 e. The quantitative estimate of drug-likeness (QED) is 0.162. The van der Waals surface area contributed by atoms with Crippen LogP contribution in [0.1, 0.15) is 27.8 Å². The molecule has 0 aliphatic heterocycles. The first-order valence-corrected chi connectivity index (χ1v) is 17.8. The van der Waals surface area contributed by atoms with Crippen LogP contribution in [0.25, 0.3) is 15.3 Å². The van der Waals surface area contributed by atoms with Crippen LogP contribution in [0.15, 0.2) is 134 Å². The van der Waals surface area contributed by atoms with Gasteiger partial charge in [0, 0.05) is 15.9 Å². The van der Waals surface area contributed by atoms with E-state index in [1.165, 1.54) is 45.2 Å². The van der Waals surface area contributed by atoms with Gasteiger partial charge >= 0.3 is 0 Å². The van der Waals surface area contributed by atoms with E-state index in [0.29, 0.717) is 5.56 Å². The summed E-state index contributed by atoms with van der Waals surface area (Å²) in [7, 11) is -9.35. The Morgan fingerprint density at radius 2 is 0.814 bits per heavy atom. The van der Waals surface area contributed by atoms with Crippen molar-refractivity contribution < 1.29 is 16.8 Å². The number of hydrogen-bond donors (Lipinski definition) is 0. The van der Waals surface area contributed by atoms with Gasteiger partial charge in [0.15, 0.2) is 14.7 Å². The van der Waals surface area contributed by atoms with Gasteiger partial charge in [-0.15, -0.1) is 0 Å². The molecule has 0 saturated heterocycles. The maximum atomic E-state index is 13.3. The summed E-state index contributed by atoms with van der Waals surface area (Å²) in [5.41, 5.74) is 6.65. The molecule has 0 saturated carbocycles. The molecule has 43 heavy (non-hydrogen) atoms. The van der Waals surface area contributed by atoms with E-state index < -0.39 is 30.9 Å². The summed E-state index contributed by atoms with van der Waals surface area (Å²) in [6.45, 7) is 9.86. The van der Waals surface area contributed by atoms with E-state index in [9.17, 15) is 16.8 Å². The number of sulfonamides is 2. The first-order valence-electron chi connectivity index (χ1n) is 13.7. The second-order valence-corrected chi connectivity index (χ2v) is 16.2. The van der Waals surface area contributed by atoms with E-state index in [0.717, 1.165) is 27.1 Å². The second kappa shape index (κ2) is 12.1. The van der Waals surface area contributed by atoms with Crippen LogP contribution in [0.5, 0.6) is 0 Å². The third kappa shape index (κ3) is 6.78. The molecule has 0 spiro atoms. The van der Waals surface area contributed by atoms with Crippen LogP contribution in [0.2, 0.25) is 0 Å². The average Bonchev–Trinajstić information content (AvgIpc) is 2.96. The van der Waals surface area contributed by atoms with Crippen LogP contribution < -0.4 is 0 Å². The third-order valence-corrected chi connectivity index (χ3v) is 12.8. The predicted octanol–water partition coefficient (Wildman–Crippen LogP) is 8.44. The lowest BCUT2D eigenvalue weighted by Gasteiger charge is -2.22. The molecule has 8 heteroatoms. The van der Waals surface area contributed by atoms with Crippen molar-refractivity contribution in [3.63, 3.8) is 0 Å². The lowest BCUT2D eigenvalue weighted by Crippen LogP contribution is -2.09. The van der Waals surface area contributed by atoms with Crippen molar-refractivity contribution in [2.75, 3.05) is 0 Å². The Kier molecular flexibility index (Phi) is 8.68. The van der Waals surface area contributed by atoms with Gasteiger partial charge in [0.05, 0.1) is 10.9 Å². The molecule has 5 rings (SSSR count). The Hall–Kier alpha value is -3.69. The van der Waals surface area contributed by atoms with E-state index in [2.05, 4.69) is 84.7 Å². The molecule has 0 atom stereocenters. The molecule has 0 aliphatic rings. The highest BCUT2D eigenvalue weighted by Gasteiger charge is 2.29. The first kappa shape index (κ1) is 30.8. The van der Waals surface area contributed by atoms with Crippen molar-refractivity contribution in [3.05, 3.63) is 141 Å². The summed E-state index contributed by atoms with van der Waals surface area (Å²) < 4.78 is 55.8. The van der Waals surface area contributed by atoms with Crippen LogP contribution >= 0.6 is 0 Å².